The molecule has 0 aliphatic heterocycles. The van der Waals surface area contributed by atoms with Gasteiger partial charge in [0.1, 0.15) is 6.33 Å². The highest BCUT2D eigenvalue weighted by atomic mass is 32.1. The molecule has 0 spiro atoms. The van der Waals surface area contributed by atoms with E-state index in [0.29, 0.717) is 17.6 Å². The minimum absolute atomic E-state index is 0.581. The Labute approximate surface area is 220 Å². The van der Waals surface area contributed by atoms with E-state index in [1.807, 2.05) is 66.9 Å². The number of para-hydroxylation sites is 1. The topological polar surface area (TPSA) is 69.4 Å². The van der Waals surface area contributed by atoms with E-state index in [0.717, 1.165) is 48.5 Å². The lowest BCUT2D eigenvalue weighted by molar-refractivity contribution is 0.953. The van der Waals surface area contributed by atoms with Gasteiger partial charge in [0, 0.05) is 38.2 Å². The normalized spacial score (nSPS) is 11.7. The number of thiophene rings is 1. The van der Waals surface area contributed by atoms with Crippen LogP contribution in [0.25, 0.3) is 70.8 Å². The van der Waals surface area contributed by atoms with E-state index < -0.39 is 0 Å². The van der Waals surface area contributed by atoms with Gasteiger partial charge in [-0.05, 0) is 18.2 Å². The van der Waals surface area contributed by atoms with E-state index in [1.54, 1.807) is 17.7 Å². The number of hydrogen-bond acceptors (Lipinski definition) is 6. The fraction of sp³-hybridized carbons (Fsp3) is 0. The molecule has 0 N–H and O–H groups in total. The number of nitrogens with zero attached hydrogens (tertiary/aromatic N) is 6. The van der Waals surface area contributed by atoms with Gasteiger partial charge in [0.2, 0.25) is 5.95 Å². The van der Waals surface area contributed by atoms with Gasteiger partial charge in [-0.15, -0.1) is 11.3 Å². The molecule has 0 radical (unpaired) electrons. The van der Waals surface area contributed by atoms with E-state index in [9.17, 15) is 0 Å². The average Bonchev–Trinajstić information content (AvgIpc) is 3.53. The Morgan fingerprint density at radius 1 is 0.579 bits per heavy atom. The highest BCUT2D eigenvalue weighted by Gasteiger charge is 2.21. The summed E-state index contributed by atoms with van der Waals surface area (Å²) in [5.41, 5.74) is 4.92. The van der Waals surface area contributed by atoms with Gasteiger partial charge in [-0.2, -0.15) is 9.97 Å². The lowest BCUT2D eigenvalue weighted by atomic mass is 10.1. The maximum atomic E-state index is 5.02. The number of hydrogen-bond donors (Lipinski definition) is 0. The molecule has 8 rings (SSSR count). The van der Waals surface area contributed by atoms with Crippen molar-refractivity contribution in [2.45, 2.75) is 0 Å². The van der Waals surface area contributed by atoms with Crippen LogP contribution < -0.4 is 0 Å². The zero-order valence-electron chi connectivity index (χ0n) is 20.0. The van der Waals surface area contributed by atoms with Crippen molar-refractivity contribution in [2.75, 3.05) is 0 Å². The first-order valence-electron chi connectivity index (χ1n) is 12.3. The SMILES string of the molecule is c1ccc(-c2nc(-c3ccccc3)nc(-n3c4ccccc4c4c5c(ccc43)sc3cncnc35)n2)cc1. The predicted octanol–water partition coefficient (Wildman–Crippen LogP) is 7.46. The smallest absolute Gasteiger partial charge is 0.238 e. The third-order valence-electron chi connectivity index (χ3n) is 6.82. The number of rotatable bonds is 3. The molecule has 0 saturated carbocycles. The minimum Gasteiger partial charge on any atom is -0.278 e. The summed E-state index contributed by atoms with van der Waals surface area (Å²) in [6.07, 6.45) is 3.51. The third kappa shape index (κ3) is 3.16. The summed E-state index contributed by atoms with van der Waals surface area (Å²) in [6.45, 7) is 0. The van der Waals surface area contributed by atoms with Crippen LogP contribution in [0.15, 0.2) is 110 Å². The molecule has 8 aromatic rings. The van der Waals surface area contributed by atoms with Gasteiger partial charge in [-0.25, -0.2) is 15.0 Å². The van der Waals surface area contributed by atoms with E-state index in [2.05, 4.69) is 50.9 Å². The summed E-state index contributed by atoms with van der Waals surface area (Å²) < 4.78 is 4.40. The molecule has 4 heterocycles. The van der Waals surface area contributed by atoms with Crippen LogP contribution in [0, 0.1) is 0 Å². The third-order valence-corrected chi connectivity index (χ3v) is 7.90. The van der Waals surface area contributed by atoms with Crippen LogP contribution in [0.4, 0.5) is 0 Å². The van der Waals surface area contributed by atoms with Gasteiger partial charge in [0.25, 0.3) is 0 Å². The maximum Gasteiger partial charge on any atom is 0.238 e. The standard InChI is InChI=1S/C31H18N6S/c1-3-9-19(10-4-1)29-34-30(20-11-5-2-6-12-20)36-31(35-29)37-22-14-8-7-13-21(22)26-23(37)15-16-24-27(26)28-25(38-24)17-32-18-33-28/h1-18H. The first-order chi connectivity index (χ1) is 18.8. The molecular weight excluding hydrogens is 488 g/mol. The van der Waals surface area contributed by atoms with Gasteiger partial charge in [-0.3, -0.25) is 4.57 Å². The Morgan fingerprint density at radius 2 is 1.26 bits per heavy atom. The van der Waals surface area contributed by atoms with Crippen molar-refractivity contribution in [3.63, 3.8) is 0 Å². The molecule has 0 amide bonds. The molecular formula is C31H18N6S. The monoisotopic (exact) mass is 506 g/mol. The highest BCUT2D eigenvalue weighted by Crippen LogP contribution is 2.42. The molecule has 0 saturated heterocycles. The Morgan fingerprint density at radius 3 is 2.00 bits per heavy atom. The van der Waals surface area contributed by atoms with Crippen molar-refractivity contribution in [3.05, 3.63) is 110 Å². The zero-order chi connectivity index (χ0) is 25.1. The maximum absolute atomic E-state index is 5.02. The number of benzene rings is 4. The summed E-state index contributed by atoms with van der Waals surface area (Å²) >= 11 is 1.71. The van der Waals surface area contributed by atoms with Crippen molar-refractivity contribution < 1.29 is 0 Å². The Kier molecular flexibility index (Phi) is 4.59. The summed E-state index contributed by atoms with van der Waals surface area (Å²) in [4.78, 5) is 23.8. The fourth-order valence-corrected chi connectivity index (χ4v) is 6.21. The Hall–Kier alpha value is -5.01. The average molecular weight is 507 g/mol. The second-order valence-electron chi connectivity index (χ2n) is 9.04. The molecule has 0 unspecified atom stereocenters. The lowest BCUT2D eigenvalue weighted by Crippen LogP contribution is -2.06. The number of aromatic nitrogens is 6. The highest BCUT2D eigenvalue weighted by molar-refractivity contribution is 7.25. The van der Waals surface area contributed by atoms with E-state index in [1.165, 1.54) is 4.70 Å². The number of fused-ring (bicyclic) bond motifs is 7. The van der Waals surface area contributed by atoms with Crippen LogP contribution in [0.3, 0.4) is 0 Å². The fourth-order valence-electron chi connectivity index (χ4n) is 5.17. The first kappa shape index (κ1) is 21.1. The van der Waals surface area contributed by atoms with Gasteiger partial charge in [0.05, 0.1) is 21.3 Å². The van der Waals surface area contributed by atoms with E-state index >= 15 is 0 Å². The minimum atomic E-state index is 0.581. The molecule has 7 heteroatoms. The molecule has 4 aromatic carbocycles. The van der Waals surface area contributed by atoms with Crippen LogP contribution in [-0.4, -0.2) is 29.5 Å². The van der Waals surface area contributed by atoms with Crippen molar-refractivity contribution in [2.24, 2.45) is 0 Å². The largest absolute Gasteiger partial charge is 0.278 e. The van der Waals surface area contributed by atoms with E-state index in [4.69, 9.17) is 15.0 Å². The Balaban J connectivity index is 1.51. The molecule has 0 fully saturated rings. The molecule has 0 aliphatic rings. The van der Waals surface area contributed by atoms with Crippen molar-refractivity contribution in [1.82, 2.24) is 29.5 Å². The Bertz CT molecular complexity index is 2070. The van der Waals surface area contributed by atoms with E-state index in [-0.39, 0.29) is 0 Å². The predicted molar refractivity (Wildman–Crippen MR) is 154 cm³/mol. The van der Waals surface area contributed by atoms with Crippen molar-refractivity contribution in [1.29, 1.82) is 0 Å². The summed E-state index contributed by atoms with van der Waals surface area (Å²) in [5, 5.41) is 3.42. The van der Waals surface area contributed by atoms with Gasteiger partial charge >= 0.3 is 0 Å². The molecule has 0 bridgehead atoms. The van der Waals surface area contributed by atoms with Crippen LogP contribution in [0.5, 0.6) is 0 Å². The summed E-state index contributed by atoms with van der Waals surface area (Å²) in [6, 6.07) is 32.9. The van der Waals surface area contributed by atoms with Gasteiger partial charge in [0.15, 0.2) is 11.6 Å². The van der Waals surface area contributed by atoms with Crippen LogP contribution in [0.2, 0.25) is 0 Å². The van der Waals surface area contributed by atoms with Crippen LogP contribution in [-0.2, 0) is 0 Å². The first-order valence-corrected chi connectivity index (χ1v) is 13.1. The van der Waals surface area contributed by atoms with Gasteiger partial charge in [-0.1, -0.05) is 78.9 Å². The van der Waals surface area contributed by atoms with Crippen LogP contribution in [0.1, 0.15) is 0 Å². The molecule has 6 nitrogen and oxygen atoms in total. The summed E-state index contributed by atoms with van der Waals surface area (Å²) in [5.74, 6) is 1.85. The van der Waals surface area contributed by atoms with Crippen molar-refractivity contribution in [3.8, 4) is 28.7 Å². The van der Waals surface area contributed by atoms with Crippen molar-refractivity contribution >= 4 is 53.4 Å². The molecule has 0 atom stereocenters. The molecule has 38 heavy (non-hydrogen) atoms. The lowest BCUT2D eigenvalue weighted by Gasteiger charge is -2.10. The summed E-state index contributed by atoms with van der Waals surface area (Å²) in [7, 11) is 0. The zero-order valence-corrected chi connectivity index (χ0v) is 20.8. The molecule has 0 aliphatic carbocycles. The van der Waals surface area contributed by atoms with Gasteiger partial charge < -0.3 is 0 Å². The molecule has 4 aromatic heterocycles. The van der Waals surface area contributed by atoms with Crippen LogP contribution >= 0.6 is 11.3 Å². The second kappa shape index (κ2) is 8.26. The molecule has 178 valence electrons. The second-order valence-corrected chi connectivity index (χ2v) is 10.1. The quantitative estimate of drug-likeness (QED) is 0.249.